The van der Waals surface area contributed by atoms with Crippen LogP contribution in [0, 0.1) is 0 Å². The van der Waals surface area contributed by atoms with Crippen LogP contribution in [-0.2, 0) is 10.0 Å². The number of benzene rings is 1. The van der Waals surface area contributed by atoms with Gasteiger partial charge >= 0.3 is 0 Å². The summed E-state index contributed by atoms with van der Waals surface area (Å²) in [4.78, 5) is 8.43. The zero-order valence-corrected chi connectivity index (χ0v) is 14.2. The van der Waals surface area contributed by atoms with Crippen molar-refractivity contribution in [1.29, 1.82) is 0 Å². The number of aromatic nitrogens is 2. The first kappa shape index (κ1) is 15.5. The van der Waals surface area contributed by atoms with Gasteiger partial charge in [0.1, 0.15) is 4.90 Å². The van der Waals surface area contributed by atoms with Gasteiger partial charge in [-0.3, -0.25) is 9.97 Å². The Hall–Kier alpha value is -2.02. The van der Waals surface area contributed by atoms with Gasteiger partial charge in [0.2, 0.25) is 10.0 Å². The van der Waals surface area contributed by atoms with Crippen molar-refractivity contribution < 1.29 is 8.42 Å². The third kappa shape index (κ3) is 2.88. The lowest BCUT2D eigenvalue weighted by molar-refractivity contribution is 0.581. The molecular formula is C17H14ClN3O2S. The highest BCUT2D eigenvalue weighted by Gasteiger charge is 2.30. The van der Waals surface area contributed by atoms with Crippen molar-refractivity contribution in [2.45, 2.75) is 23.8 Å². The summed E-state index contributed by atoms with van der Waals surface area (Å²) in [6.07, 6.45) is 6.53. The zero-order chi connectivity index (χ0) is 16.7. The van der Waals surface area contributed by atoms with E-state index in [1.165, 1.54) is 6.20 Å². The molecule has 1 N–H and O–H groups in total. The molecule has 4 rings (SSSR count). The van der Waals surface area contributed by atoms with Crippen LogP contribution in [0.1, 0.15) is 12.8 Å². The van der Waals surface area contributed by atoms with Crippen LogP contribution in [0.25, 0.3) is 22.0 Å². The smallest absolute Gasteiger partial charge is 0.243 e. The van der Waals surface area contributed by atoms with Crippen LogP contribution in [0.4, 0.5) is 0 Å². The van der Waals surface area contributed by atoms with E-state index in [9.17, 15) is 8.42 Å². The molecule has 5 nitrogen and oxygen atoms in total. The Morgan fingerprint density at radius 2 is 1.96 bits per heavy atom. The number of nitrogens with zero attached hydrogens (tertiary/aromatic N) is 2. The molecule has 24 heavy (non-hydrogen) atoms. The third-order valence-electron chi connectivity index (χ3n) is 3.95. The number of pyridine rings is 2. The van der Waals surface area contributed by atoms with Crippen molar-refractivity contribution in [2.75, 3.05) is 0 Å². The maximum Gasteiger partial charge on any atom is 0.243 e. The quantitative estimate of drug-likeness (QED) is 0.775. The van der Waals surface area contributed by atoms with Crippen molar-refractivity contribution in [1.82, 2.24) is 14.7 Å². The molecule has 7 heteroatoms. The second kappa shape index (κ2) is 5.81. The van der Waals surface area contributed by atoms with Crippen LogP contribution in [0.5, 0.6) is 0 Å². The Bertz CT molecular complexity index is 1020. The maximum atomic E-state index is 12.4. The van der Waals surface area contributed by atoms with Crippen molar-refractivity contribution in [3.05, 3.63) is 53.9 Å². The van der Waals surface area contributed by atoms with Gasteiger partial charge in [-0.05, 0) is 30.5 Å². The van der Waals surface area contributed by atoms with E-state index in [1.54, 1.807) is 18.5 Å². The van der Waals surface area contributed by atoms with Gasteiger partial charge in [-0.25, -0.2) is 13.1 Å². The van der Waals surface area contributed by atoms with Gasteiger partial charge in [0.25, 0.3) is 0 Å². The Labute approximate surface area is 144 Å². The minimum atomic E-state index is -3.64. The lowest BCUT2D eigenvalue weighted by atomic mass is 10.1. The summed E-state index contributed by atoms with van der Waals surface area (Å²) in [6.45, 7) is 0. The SMILES string of the molecule is O=S(=O)(NC1CC1)c1cnc2cc(-c3cccnc3)ccc2c1Cl. The minimum Gasteiger partial charge on any atom is -0.264 e. The molecule has 0 atom stereocenters. The summed E-state index contributed by atoms with van der Waals surface area (Å²) in [7, 11) is -3.64. The van der Waals surface area contributed by atoms with Crippen molar-refractivity contribution in [2.24, 2.45) is 0 Å². The monoisotopic (exact) mass is 359 g/mol. The minimum absolute atomic E-state index is 0.0229. The lowest BCUT2D eigenvalue weighted by Gasteiger charge is -2.10. The van der Waals surface area contributed by atoms with Crippen LogP contribution >= 0.6 is 11.6 Å². The van der Waals surface area contributed by atoms with E-state index in [0.29, 0.717) is 10.9 Å². The molecule has 2 aromatic heterocycles. The number of hydrogen-bond acceptors (Lipinski definition) is 4. The average molecular weight is 360 g/mol. The normalized spacial score (nSPS) is 14.9. The lowest BCUT2D eigenvalue weighted by Crippen LogP contribution is -2.26. The van der Waals surface area contributed by atoms with E-state index in [2.05, 4.69) is 14.7 Å². The van der Waals surface area contributed by atoms with E-state index in [4.69, 9.17) is 11.6 Å². The fourth-order valence-corrected chi connectivity index (χ4v) is 4.38. The molecule has 0 radical (unpaired) electrons. The molecule has 0 bridgehead atoms. The molecule has 1 aliphatic rings. The first-order chi connectivity index (χ1) is 11.5. The van der Waals surface area contributed by atoms with Crippen molar-refractivity contribution >= 4 is 32.5 Å². The number of rotatable bonds is 4. The summed E-state index contributed by atoms with van der Waals surface area (Å²) in [5, 5.41) is 0.814. The molecule has 0 unspecified atom stereocenters. The number of halogens is 1. The van der Waals surface area contributed by atoms with Crippen LogP contribution in [0.15, 0.2) is 53.8 Å². The van der Waals surface area contributed by atoms with E-state index in [-0.39, 0.29) is 16.0 Å². The van der Waals surface area contributed by atoms with Gasteiger partial charge in [-0.1, -0.05) is 29.8 Å². The third-order valence-corrected chi connectivity index (χ3v) is 6.01. The highest BCUT2D eigenvalue weighted by Crippen LogP contribution is 2.32. The summed E-state index contributed by atoms with van der Waals surface area (Å²) in [6, 6.07) is 9.39. The summed E-state index contributed by atoms with van der Waals surface area (Å²) in [5.41, 5.74) is 2.56. The van der Waals surface area contributed by atoms with Crippen LogP contribution < -0.4 is 4.72 Å². The summed E-state index contributed by atoms with van der Waals surface area (Å²) < 4.78 is 27.4. The standard InChI is InChI=1S/C17H14ClN3O2S/c18-17-14-6-3-11(12-2-1-7-19-9-12)8-15(14)20-10-16(17)24(22,23)21-13-4-5-13/h1-3,6-10,13,21H,4-5H2. The molecule has 0 amide bonds. The molecule has 0 spiro atoms. The van der Waals surface area contributed by atoms with Crippen molar-refractivity contribution in [3.63, 3.8) is 0 Å². The molecule has 3 aromatic rings. The highest BCUT2D eigenvalue weighted by molar-refractivity contribution is 7.89. The highest BCUT2D eigenvalue weighted by atomic mass is 35.5. The van der Waals surface area contributed by atoms with Crippen LogP contribution in [0.2, 0.25) is 5.02 Å². The van der Waals surface area contributed by atoms with Gasteiger partial charge in [-0.2, -0.15) is 0 Å². The van der Waals surface area contributed by atoms with Crippen LogP contribution in [0.3, 0.4) is 0 Å². The van der Waals surface area contributed by atoms with Gasteiger partial charge in [0, 0.05) is 35.6 Å². The van der Waals surface area contributed by atoms with Gasteiger partial charge < -0.3 is 0 Å². The first-order valence-electron chi connectivity index (χ1n) is 7.55. The number of sulfonamides is 1. The van der Waals surface area contributed by atoms with Crippen molar-refractivity contribution in [3.8, 4) is 11.1 Å². The van der Waals surface area contributed by atoms with Crippen LogP contribution in [-0.4, -0.2) is 24.4 Å². The fraction of sp³-hybridized carbons (Fsp3) is 0.176. The van der Waals surface area contributed by atoms with Gasteiger partial charge in [0.15, 0.2) is 0 Å². The van der Waals surface area contributed by atoms with E-state index in [0.717, 1.165) is 24.0 Å². The molecule has 0 saturated heterocycles. The second-order valence-corrected chi connectivity index (χ2v) is 7.87. The number of fused-ring (bicyclic) bond motifs is 1. The average Bonchev–Trinajstić information content (AvgIpc) is 3.38. The zero-order valence-electron chi connectivity index (χ0n) is 12.6. The first-order valence-corrected chi connectivity index (χ1v) is 9.42. The maximum absolute atomic E-state index is 12.4. The largest absolute Gasteiger partial charge is 0.264 e. The second-order valence-electron chi connectivity index (χ2n) is 5.81. The molecule has 1 aromatic carbocycles. The molecular weight excluding hydrogens is 346 g/mol. The predicted molar refractivity (Wildman–Crippen MR) is 93.3 cm³/mol. The van der Waals surface area contributed by atoms with E-state index >= 15 is 0 Å². The number of nitrogens with one attached hydrogen (secondary N) is 1. The van der Waals surface area contributed by atoms with E-state index < -0.39 is 10.0 Å². The van der Waals surface area contributed by atoms with E-state index in [1.807, 2.05) is 24.3 Å². The molecule has 122 valence electrons. The molecule has 1 saturated carbocycles. The van der Waals surface area contributed by atoms with Gasteiger partial charge in [0.05, 0.1) is 10.5 Å². The van der Waals surface area contributed by atoms with Gasteiger partial charge in [-0.15, -0.1) is 0 Å². The molecule has 1 aliphatic carbocycles. The Balaban J connectivity index is 1.80. The molecule has 2 heterocycles. The fourth-order valence-electron chi connectivity index (χ4n) is 2.53. The Morgan fingerprint density at radius 1 is 1.12 bits per heavy atom. The Morgan fingerprint density at radius 3 is 2.67 bits per heavy atom. The Kier molecular flexibility index (Phi) is 3.75. The summed E-state index contributed by atoms with van der Waals surface area (Å²) in [5.74, 6) is 0. The predicted octanol–water partition coefficient (Wildman–Crippen LogP) is 3.39. The molecule has 0 aliphatic heterocycles. The number of hydrogen-bond donors (Lipinski definition) is 1. The molecule has 1 fully saturated rings. The summed E-state index contributed by atoms with van der Waals surface area (Å²) >= 11 is 6.36. The topological polar surface area (TPSA) is 72.0 Å².